The monoisotopic (exact) mass is 425 g/mol. The maximum Gasteiger partial charge on any atom is 0.155 e. The average molecular weight is 426 g/mol. The molecule has 0 saturated carbocycles. The van der Waals surface area contributed by atoms with Crippen molar-refractivity contribution in [1.29, 1.82) is 0 Å². The number of fused-ring (bicyclic) bond motifs is 2. The fourth-order valence-electron chi connectivity index (χ4n) is 4.42. The van der Waals surface area contributed by atoms with Gasteiger partial charge < -0.3 is 9.88 Å². The van der Waals surface area contributed by atoms with Crippen LogP contribution in [0.25, 0.3) is 39.0 Å². The fraction of sp³-hybridized carbons (Fsp3) is 0.280. The molecule has 0 aliphatic carbocycles. The Balaban J connectivity index is 1.61. The van der Waals surface area contributed by atoms with Gasteiger partial charge in [-0.15, -0.1) is 0 Å². The summed E-state index contributed by atoms with van der Waals surface area (Å²) in [5, 5.41) is 9.72. The average Bonchev–Trinajstić information content (AvgIpc) is 3.42. The number of aromatic nitrogens is 5. The third kappa shape index (κ3) is 3.70. The Morgan fingerprint density at radius 1 is 1.12 bits per heavy atom. The largest absolute Gasteiger partial charge is 0.371 e. The number of H-pyrrole nitrogens is 2. The second-order valence-electron chi connectivity index (χ2n) is 8.35. The minimum absolute atomic E-state index is 0.745. The highest BCUT2D eigenvalue weighted by Gasteiger charge is 2.18. The first kappa shape index (κ1) is 20.2. The van der Waals surface area contributed by atoms with Crippen LogP contribution in [0.3, 0.4) is 0 Å². The molecule has 1 fully saturated rings. The van der Waals surface area contributed by atoms with Crippen molar-refractivity contribution in [1.82, 2.24) is 25.1 Å². The molecule has 7 nitrogen and oxygen atoms in total. The number of anilines is 1. The molecular weight excluding hydrogens is 398 g/mol. The number of rotatable bonds is 5. The van der Waals surface area contributed by atoms with Gasteiger partial charge >= 0.3 is 0 Å². The SMILES string of the molecule is C=C(C)/C=C(\C=N/C)c1cnc2[nH]nc(-c3cc4c(N5CCCCC5)ccnc4[nH]3)c2c1. The predicted octanol–water partition coefficient (Wildman–Crippen LogP) is 5.15. The summed E-state index contributed by atoms with van der Waals surface area (Å²) < 4.78 is 0. The van der Waals surface area contributed by atoms with Crippen LogP contribution >= 0.6 is 0 Å². The van der Waals surface area contributed by atoms with Crippen molar-refractivity contribution in [3.8, 4) is 11.4 Å². The Labute approximate surface area is 187 Å². The summed E-state index contributed by atoms with van der Waals surface area (Å²) >= 11 is 0. The van der Waals surface area contributed by atoms with Crippen LogP contribution in [0, 0.1) is 0 Å². The van der Waals surface area contributed by atoms with Crippen LogP contribution in [0.15, 0.2) is 53.8 Å². The van der Waals surface area contributed by atoms with Crippen LogP contribution in [0.5, 0.6) is 0 Å². The van der Waals surface area contributed by atoms with E-state index in [4.69, 9.17) is 0 Å². The second kappa shape index (κ2) is 8.42. The summed E-state index contributed by atoms with van der Waals surface area (Å²) in [6, 6.07) is 6.38. The summed E-state index contributed by atoms with van der Waals surface area (Å²) in [5.74, 6) is 0. The normalized spacial score (nSPS) is 15.3. The molecule has 1 saturated heterocycles. The van der Waals surface area contributed by atoms with Crippen LogP contribution < -0.4 is 4.90 Å². The molecule has 7 heteroatoms. The zero-order chi connectivity index (χ0) is 22.1. The van der Waals surface area contributed by atoms with Crippen molar-refractivity contribution >= 4 is 39.5 Å². The van der Waals surface area contributed by atoms with Gasteiger partial charge in [-0.3, -0.25) is 10.1 Å². The van der Waals surface area contributed by atoms with Gasteiger partial charge in [0.1, 0.15) is 11.3 Å². The van der Waals surface area contributed by atoms with Gasteiger partial charge in [0.25, 0.3) is 0 Å². The summed E-state index contributed by atoms with van der Waals surface area (Å²) in [6.45, 7) is 8.15. The molecule has 4 aromatic heterocycles. The molecule has 1 aliphatic rings. The number of aromatic amines is 2. The summed E-state index contributed by atoms with van der Waals surface area (Å²) in [7, 11) is 1.76. The summed E-state index contributed by atoms with van der Waals surface area (Å²) in [6.07, 6.45) is 11.3. The highest BCUT2D eigenvalue weighted by atomic mass is 15.2. The number of aliphatic imine (C=N–C) groups is 1. The summed E-state index contributed by atoms with van der Waals surface area (Å²) in [5.41, 5.74) is 7.51. The van der Waals surface area contributed by atoms with Crippen LogP contribution in [-0.2, 0) is 0 Å². The number of nitrogens with zero attached hydrogens (tertiary/aromatic N) is 5. The highest BCUT2D eigenvalue weighted by molar-refractivity contribution is 6.11. The molecule has 162 valence electrons. The Bertz CT molecular complexity index is 1350. The topological polar surface area (TPSA) is 85.8 Å². The quantitative estimate of drug-likeness (QED) is 0.342. The van der Waals surface area contributed by atoms with E-state index in [9.17, 15) is 0 Å². The lowest BCUT2D eigenvalue weighted by Gasteiger charge is -2.29. The Kier molecular flexibility index (Phi) is 5.31. The molecule has 4 aromatic rings. The van der Waals surface area contributed by atoms with E-state index in [2.05, 4.69) is 59.8 Å². The standard InChI is InChI=1S/C25H27N7/c1-16(2)11-17(14-26-3)18-12-20-23(30-31-25(20)28-15-18)21-13-19-22(7-8-27-24(19)29-21)32-9-5-4-6-10-32/h7-8,11-15H,1,4-6,9-10H2,2-3H3,(H,27,29)(H,28,30,31)/b17-11+,26-14-. The minimum Gasteiger partial charge on any atom is -0.371 e. The number of hydrogen-bond donors (Lipinski definition) is 2. The highest BCUT2D eigenvalue weighted by Crippen LogP contribution is 2.33. The minimum atomic E-state index is 0.745. The van der Waals surface area contributed by atoms with Crippen LogP contribution in [-0.4, -0.2) is 51.5 Å². The number of piperidine rings is 1. The zero-order valence-electron chi connectivity index (χ0n) is 18.5. The fourth-order valence-corrected chi connectivity index (χ4v) is 4.42. The Morgan fingerprint density at radius 3 is 2.75 bits per heavy atom. The second-order valence-corrected chi connectivity index (χ2v) is 8.35. The first-order valence-electron chi connectivity index (χ1n) is 11.0. The third-order valence-corrected chi connectivity index (χ3v) is 5.88. The molecule has 1 aliphatic heterocycles. The lowest BCUT2D eigenvalue weighted by atomic mass is 10.0. The molecule has 0 atom stereocenters. The maximum absolute atomic E-state index is 4.59. The molecule has 32 heavy (non-hydrogen) atoms. The molecule has 0 spiro atoms. The molecule has 0 radical (unpaired) electrons. The van der Waals surface area contributed by atoms with E-state index in [-0.39, 0.29) is 0 Å². The number of hydrogen-bond acceptors (Lipinski definition) is 5. The van der Waals surface area contributed by atoms with Crippen molar-refractivity contribution in [2.75, 3.05) is 25.0 Å². The molecule has 0 amide bonds. The third-order valence-electron chi connectivity index (χ3n) is 5.88. The molecular formula is C25H27N7. The molecule has 0 aromatic carbocycles. The van der Waals surface area contributed by atoms with E-state index in [1.807, 2.05) is 31.6 Å². The lowest BCUT2D eigenvalue weighted by Crippen LogP contribution is -2.29. The van der Waals surface area contributed by atoms with E-state index >= 15 is 0 Å². The van der Waals surface area contributed by atoms with E-state index in [0.29, 0.717) is 0 Å². The van der Waals surface area contributed by atoms with Crippen molar-refractivity contribution in [3.05, 3.63) is 54.4 Å². The van der Waals surface area contributed by atoms with E-state index in [1.165, 1.54) is 24.9 Å². The van der Waals surface area contributed by atoms with Gasteiger partial charge in [-0.25, -0.2) is 9.97 Å². The van der Waals surface area contributed by atoms with E-state index < -0.39 is 0 Å². The van der Waals surface area contributed by atoms with Gasteiger partial charge in [0.15, 0.2) is 5.65 Å². The van der Waals surface area contributed by atoms with Gasteiger partial charge in [-0.05, 0) is 44.4 Å². The number of pyridine rings is 2. The maximum atomic E-state index is 4.59. The molecule has 5 heterocycles. The smallest absolute Gasteiger partial charge is 0.155 e. The van der Waals surface area contributed by atoms with Crippen molar-refractivity contribution in [2.24, 2.45) is 4.99 Å². The predicted molar refractivity (Wildman–Crippen MR) is 132 cm³/mol. The van der Waals surface area contributed by atoms with Gasteiger partial charge in [-0.2, -0.15) is 5.10 Å². The van der Waals surface area contributed by atoms with Crippen LogP contribution in [0.4, 0.5) is 5.69 Å². The molecule has 5 rings (SSSR count). The van der Waals surface area contributed by atoms with Crippen molar-refractivity contribution in [3.63, 3.8) is 0 Å². The van der Waals surface area contributed by atoms with E-state index in [0.717, 1.165) is 63.3 Å². The zero-order valence-corrected chi connectivity index (χ0v) is 18.5. The first-order valence-corrected chi connectivity index (χ1v) is 11.0. The molecule has 2 N–H and O–H groups in total. The van der Waals surface area contributed by atoms with E-state index in [1.54, 1.807) is 7.05 Å². The Hall–Kier alpha value is -3.74. The van der Waals surface area contributed by atoms with Crippen molar-refractivity contribution < 1.29 is 0 Å². The lowest BCUT2D eigenvalue weighted by molar-refractivity contribution is 0.579. The first-order chi connectivity index (χ1) is 15.6. The Morgan fingerprint density at radius 2 is 1.97 bits per heavy atom. The molecule has 0 unspecified atom stereocenters. The van der Waals surface area contributed by atoms with Gasteiger partial charge in [-0.1, -0.05) is 18.2 Å². The van der Waals surface area contributed by atoms with Gasteiger partial charge in [0.05, 0.1) is 5.69 Å². The van der Waals surface area contributed by atoms with Crippen LogP contribution in [0.2, 0.25) is 0 Å². The van der Waals surface area contributed by atoms with Gasteiger partial charge in [0.2, 0.25) is 0 Å². The van der Waals surface area contributed by atoms with Gasteiger partial charge in [0, 0.05) is 66.3 Å². The summed E-state index contributed by atoms with van der Waals surface area (Å²) in [4.78, 5) is 19.3. The molecule has 0 bridgehead atoms. The number of nitrogens with one attached hydrogen (secondary N) is 2. The van der Waals surface area contributed by atoms with Crippen LogP contribution in [0.1, 0.15) is 31.7 Å². The number of allylic oxidation sites excluding steroid dienone is 3. The van der Waals surface area contributed by atoms with Crippen molar-refractivity contribution in [2.45, 2.75) is 26.2 Å².